The summed E-state index contributed by atoms with van der Waals surface area (Å²) in [7, 11) is 3.33. The van der Waals surface area contributed by atoms with Crippen LogP contribution in [0.3, 0.4) is 0 Å². The molecule has 3 nitrogen and oxygen atoms in total. The third kappa shape index (κ3) is 4.09. The van der Waals surface area contributed by atoms with Gasteiger partial charge in [-0.05, 0) is 17.9 Å². The van der Waals surface area contributed by atoms with E-state index in [0.717, 1.165) is 6.42 Å². The molecule has 0 aliphatic rings. The van der Waals surface area contributed by atoms with E-state index >= 15 is 0 Å². The summed E-state index contributed by atoms with van der Waals surface area (Å²) in [5, 5.41) is 0. The maximum absolute atomic E-state index is 6.34. The zero-order chi connectivity index (χ0) is 13.5. The average molecular weight is 251 g/mol. The van der Waals surface area contributed by atoms with Crippen LogP contribution < -0.4 is 5.73 Å². The van der Waals surface area contributed by atoms with Crippen molar-refractivity contribution in [2.24, 2.45) is 17.6 Å². The van der Waals surface area contributed by atoms with Gasteiger partial charge in [-0.15, -0.1) is 0 Å². The summed E-state index contributed by atoms with van der Waals surface area (Å²) in [5.74, 6) is 0.591. The van der Waals surface area contributed by atoms with Crippen LogP contribution in [0.4, 0.5) is 0 Å². The van der Waals surface area contributed by atoms with Gasteiger partial charge in [-0.1, -0.05) is 44.2 Å². The lowest BCUT2D eigenvalue weighted by atomic mass is 9.85. The molecule has 102 valence electrons. The number of ether oxygens (including phenoxy) is 2. The first-order valence-corrected chi connectivity index (χ1v) is 6.45. The third-order valence-electron chi connectivity index (χ3n) is 3.36. The van der Waals surface area contributed by atoms with Gasteiger partial charge >= 0.3 is 0 Å². The van der Waals surface area contributed by atoms with Crippen LogP contribution in [-0.2, 0) is 15.9 Å². The third-order valence-corrected chi connectivity index (χ3v) is 3.36. The Morgan fingerprint density at radius 1 is 1.06 bits per heavy atom. The van der Waals surface area contributed by atoms with Gasteiger partial charge in [-0.3, -0.25) is 0 Å². The van der Waals surface area contributed by atoms with Gasteiger partial charge in [0.15, 0.2) is 6.29 Å². The number of hydrogen-bond acceptors (Lipinski definition) is 3. The topological polar surface area (TPSA) is 44.5 Å². The summed E-state index contributed by atoms with van der Waals surface area (Å²) in [4.78, 5) is 0. The standard InChI is InChI=1S/C15H25NO2/c1-11(2)14(15(17-3)18-4)13(16)10-12-8-6-5-7-9-12/h5-9,11,13-15H,10,16H2,1-4H3/t13?,14-/m0/s1. The van der Waals surface area contributed by atoms with Crippen LogP contribution in [0.25, 0.3) is 0 Å². The fraction of sp³-hybridized carbons (Fsp3) is 0.600. The molecule has 1 aromatic carbocycles. The van der Waals surface area contributed by atoms with Crippen molar-refractivity contribution >= 4 is 0 Å². The van der Waals surface area contributed by atoms with E-state index in [9.17, 15) is 0 Å². The van der Waals surface area contributed by atoms with E-state index in [0.29, 0.717) is 5.92 Å². The van der Waals surface area contributed by atoms with Crippen LogP contribution in [0.1, 0.15) is 19.4 Å². The number of hydrogen-bond donors (Lipinski definition) is 1. The normalized spacial score (nSPS) is 15.1. The Balaban J connectivity index is 2.74. The predicted molar refractivity (Wildman–Crippen MR) is 74.3 cm³/mol. The Bertz CT molecular complexity index is 323. The van der Waals surface area contributed by atoms with E-state index in [4.69, 9.17) is 15.2 Å². The second kappa shape index (κ2) is 7.52. The van der Waals surface area contributed by atoms with E-state index in [1.165, 1.54) is 5.56 Å². The molecule has 0 spiro atoms. The van der Waals surface area contributed by atoms with Crippen molar-refractivity contribution in [3.63, 3.8) is 0 Å². The first kappa shape index (κ1) is 15.2. The molecule has 1 unspecified atom stereocenters. The zero-order valence-corrected chi connectivity index (χ0v) is 11.8. The molecule has 2 N–H and O–H groups in total. The second-order valence-electron chi connectivity index (χ2n) is 5.01. The molecular weight excluding hydrogens is 226 g/mol. The molecule has 0 amide bonds. The molecule has 0 heterocycles. The molecule has 0 bridgehead atoms. The highest BCUT2D eigenvalue weighted by atomic mass is 16.7. The average Bonchev–Trinajstić information content (AvgIpc) is 2.36. The summed E-state index contributed by atoms with van der Waals surface area (Å²) in [5.41, 5.74) is 7.59. The predicted octanol–water partition coefficient (Wildman–Crippen LogP) is 2.45. The van der Waals surface area contributed by atoms with E-state index in [1.54, 1.807) is 14.2 Å². The van der Waals surface area contributed by atoms with E-state index in [1.807, 2.05) is 18.2 Å². The van der Waals surface area contributed by atoms with E-state index in [2.05, 4.69) is 26.0 Å². The summed E-state index contributed by atoms with van der Waals surface area (Å²) in [6, 6.07) is 10.3. The minimum Gasteiger partial charge on any atom is -0.356 e. The highest BCUT2D eigenvalue weighted by molar-refractivity contribution is 5.16. The van der Waals surface area contributed by atoms with Gasteiger partial charge in [-0.25, -0.2) is 0 Å². The Labute approximate surface area is 110 Å². The summed E-state index contributed by atoms with van der Waals surface area (Å²) >= 11 is 0. The minimum atomic E-state index is -0.247. The first-order valence-electron chi connectivity index (χ1n) is 6.45. The fourth-order valence-electron chi connectivity index (χ4n) is 2.44. The highest BCUT2D eigenvalue weighted by Crippen LogP contribution is 2.23. The first-order chi connectivity index (χ1) is 8.60. The lowest BCUT2D eigenvalue weighted by Gasteiger charge is -2.32. The molecule has 18 heavy (non-hydrogen) atoms. The van der Waals surface area contributed by atoms with E-state index in [-0.39, 0.29) is 18.2 Å². The van der Waals surface area contributed by atoms with Crippen molar-refractivity contribution in [1.29, 1.82) is 0 Å². The molecule has 2 atom stereocenters. The van der Waals surface area contributed by atoms with Crippen LogP contribution in [0.15, 0.2) is 30.3 Å². The Kier molecular flexibility index (Phi) is 6.33. The van der Waals surface area contributed by atoms with Gasteiger partial charge in [0.1, 0.15) is 0 Å². The summed E-state index contributed by atoms with van der Waals surface area (Å²) in [6.45, 7) is 4.31. The van der Waals surface area contributed by atoms with Gasteiger partial charge in [0.2, 0.25) is 0 Å². The molecule has 0 aliphatic heterocycles. The molecule has 0 saturated carbocycles. The molecular formula is C15H25NO2. The van der Waals surface area contributed by atoms with Crippen molar-refractivity contribution in [2.75, 3.05) is 14.2 Å². The molecule has 0 fully saturated rings. The Hall–Kier alpha value is -0.900. The number of benzene rings is 1. The minimum absolute atomic E-state index is 0.0253. The molecule has 0 saturated heterocycles. The fourth-order valence-corrected chi connectivity index (χ4v) is 2.44. The molecule has 3 heteroatoms. The van der Waals surface area contributed by atoms with Gasteiger partial charge < -0.3 is 15.2 Å². The molecule has 0 aliphatic carbocycles. The molecule has 1 aromatic rings. The van der Waals surface area contributed by atoms with Crippen molar-refractivity contribution < 1.29 is 9.47 Å². The Morgan fingerprint density at radius 2 is 1.61 bits per heavy atom. The maximum atomic E-state index is 6.34. The van der Waals surface area contributed by atoms with Crippen molar-refractivity contribution in [3.8, 4) is 0 Å². The van der Waals surface area contributed by atoms with Gasteiger partial charge in [0.25, 0.3) is 0 Å². The lowest BCUT2D eigenvalue weighted by Crippen LogP contribution is -2.44. The van der Waals surface area contributed by atoms with Crippen LogP contribution in [-0.4, -0.2) is 26.6 Å². The van der Waals surface area contributed by atoms with Crippen molar-refractivity contribution in [2.45, 2.75) is 32.6 Å². The van der Waals surface area contributed by atoms with Crippen LogP contribution in [0.5, 0.6) is 0 Å². The SMILES string of the molecule is COC(OC)[C@@H](C(C)C)C(N)Cc1ccccc1. The number of rotatable bonds is 7. The largest absolute Gasteiger partial charge is 0.356 e. The second-order valence-corrected chi connectivity index (χ2v) is 5.01. The smallest absolute Gasteiger partial charge is 0.161 e. The van der Waals surface area contributed by atoms with Gasteiger partial charge in [0, 0.05) is 26.2 Å². The number of methoxy groups -OCH3 is 2. The van der Waals surface area contributed by atoms with Crippen LogP contribution >= 0.6 is 0 Å². The van der Waals surface area contributed by atoms with E-state index < -0.39 is 0 Å². The highest BCUT2D eigenvalue weighted by Gasteiger charge is 2.30. The Morgan fingerprint density at radius 3 is 2.06 bits per heavy atom. The molecule has 0 aromatic heterocycles. The molecule has 0 radical (unpaired) electrons. The lowest BCUT2D eigenvalue weighted by molar-refractivity contribution is -0.152. The summed E-state index contributed by atoms with van der Waals surface area (Å²) < 4.78 is 10.8. The quantitative estimate of drug-likeness (QED) is 0.757. The van der Waals surface area contributed by atoms with Gasteiger partial charge in [-0.2, -0.15) is 0 Å². The summed E-state index contributed by atoms with van der Waals surface area (Å²) in [6.07, 6.45) is 0.594. The van der Waals surface area contributed by atoms with Crippen LogP contribution in [0, 0.1) is 11.8 Å². The van der Waals surface area contributed by atoms with Crippen molar-refractivity contribution in [3.05, 3.63) is 35.9 Å². The monoisotopic (exact) mass is 251 g/mol. The maximum Gasteiger partial charge on any atom is 0.161 e. The van der Waals surface area contributed by atoms with Crippen LogP contribution in [0.2, 0.25) is 0 Å². The van der Waals surface area contributed by atoms with Gasteiger partial charge in [0.05, 0.1) is 0 Å². The van der Waals surface area contributed by atoms with Crippen molar-refractivity contribution in [1.82, 2.24) is 0 Å². The number of nitrogens with two attached hydrogens (primary N) is 1. The zero-order valence-electron chi connectivity index (χ0n) is 11.8. The molecule has 1 rings (SSSR count).